The normalized spacial score (nSPS) is 20.1. The van der Waals surface area contributed by atoms with Gasteiger partial charge in [0.05, 0.1) is 5.01 Å². The minimum absolute atomic E-state index is 0. The molecule has 1 spiro atoms. The number of aryl methyl sites for hydroxylation is 2. The summed E-state index contributed by atoms with van der Waals surface area (Å²) in [5.41, 5.74) is 1.75. The molecule has 0 bridgehead atoms. The van der Waals surface area contributed by atoms with E-state index in [2.05, 4.69) is 32.5 Å². The minimum atomic E-state index is 0. The molecule has 2 fully saturated rings. The molecule has 1 aliphatic heterocycles. The zero-order valence-corrected chi connectivity index (χ0v) is 17.5. The Morgan fingerprint density at radius 3 is 2.83 bits per heavy atom. The molecule has 0 radical (unpaired) electrons. The number of hydrogen-bond acceptors (Lipinski definition) is 3. The number of guanidine groups is 1. The molecule has 23 heavy (non-hydrogen) atoms. The molecular weight excluding hydrogens is 419 g/mol. The van der Waals surface area contributed by atoms with Crippen molar-refractivity contribution in [2.45, 2.75) is 51.9 Å². The van der Waals surface area contributed by atoms with Crippen LogP contribution in [0.2, 0.25) is 0 Å². The van der Waals surface area contributed by atoms with E-state index in [1.807, 2.05) is 7.05 Å². The average molecular weight is 448 g/mol. The first kappa shape index (κ1) is 19.0. The molecule has 3 rings (SSSR count). The van der Waals surface area contributed by atoms with E-state index in [1.165, 1.54) is 50.2 Å². The molecule has 1 aliphatic carbocycles. The number of halogens is 1. The first-order valence-corrected chi connectivity index (χ1v) is 9.45. The molecule has 6 heteroatoms. The molecule has 1 saturated carbocycles. The number of thiazole rings is 1. The minimum Gasteiger partial charge on any atom is -0.356 e. The van der Waals surface area contributed by atoms with Gasteiger partial charge in [-0.25, -0.2) is 4.98 Å². The summed E-state index contributed by atoms with van der Waals surface area (Å²) in [5.74, 6) is 1.10. The van der Waals surface area contributed by atoms with E-state index in [-0.39, 0.29) is 24.0 Å². The standard InChI is InChI=1S/C17H28N4S.HI/c1-14-12-22-15(20-14)6-5-10-19-16(18-2)21-11-9-17(13-21)7-3-4-8-17;/h12H,3-11,13H2,1-2H3,(H,18,19);1H. The van der Waals surface area contributed by atoms with Crippen LogP contribution in [0.3, 0.4) is 0 Å². The van der Waals surface area contributed by atoms with Gasteiger partial charge in [-0.15, -0.1) is 35.3 Å². The third kappa shape index (κ3) is 4.81. The average Bonchev–Trinajstić information content (AvgIpc) is 3.23. The summed E-state index contributed by atoms with van der Waals surface area (Å²) in [6.07, 6.45) is 9.22. The summed E-state index contributed by atoms with van der Waals surface area (Å²) in [6.45, 7) is 5.42. The summed E-state index contributed by atoms with van der Waals surface area (Å²) in [7, 11) is 1.91. The number of hydrogen-bond donors (Lipinski definition) is 1. The van der Waals surface area contributed by atoms with Gasteiger partial charge in [0.2, 0.25) is 0 Å². The number of nitrogens with one attached hydrogen (secondary N) is 1. The van der Waals surface area contributed by atoms with Crippen LogP contribution in [-0.4, -0.2) is 42.5 Å². The lowest BCUT2D eigenvalue weighted by Gasteiger charge is -2.25. The van der Waals surface area contributed by atoms with Crippen molar-refractivity contribution >= 4 is 41.3 Å². The molecule has 0 unspecified atom stereocenters. The van der Waals surface area contributed by atoms with Gasteiger partial charge in [-0.3, -0.25) is 4.99 Å². The number of rotatable bonds is 4. The van der Waals surface area contributed by atoms with E-state index in [9.17, 15) is 0 Å². The van der Waals surface area contributed by atoms with Crippen molar-refractivity contribution in [2.75, 3.05) is 26.7 Å². The summed E-state index contributed by atoms with van der Waals surface area (Å²) in [5, 5.41) is 6.93. The Morgan fingerprint density at radius 1 is 1.39 bits per heavy atom. The maximum Gasteiger partial charge on any atom is 0.193 e. The molecule has 4 nitrogen and oxygen atoms in total. The van der Waals surface area contributed by atoms with E-state index in [4.69, 9.17) is 0 Å². The van der Waals surface area contributed by atoms with Gasteiger partial charge >= 0.3 is 0 Å². The summed E-state index contributed by atoms with van der Waals surface area (Å²) < 4.78 is 0. The molecule has 1 saturated heterocycles. The van der Waals surface area contributed by atoms with Crippen molar-refractivity contribution in [1.29, 1.82) is 0 Å². The number of aromatic nitrogens is 1. The van der Waals surface area contributed by atoms with E-state index in [0.29, 0.717) is 5.41 Å². The Kier molecular flexibility index (Phi) is 7.13. The molecule has 130 valence electrons. The number of nitrogens with zero attached hydrogens (tertiary/aromatic N) is 3. The summed E-state index contributed by atoms with van der Waals surface area (Å²) >= 11 is 1.77. The highest BCUT2D eigenvalue weighted by Crippen LogP contribution is 2.45. The van der Waals surface area contributed by atoms with Crippen molar-refractivity contribution in [3.63, 3.8) is 0 Å². The Hall–Kier alpha value is -0.370. The topological polar surface area (TPSA) is 40.5 Å². The van der Waals surface area contributed by atoms with E-state index in [0.717, 1.165) is 31.0 Å². The Labute approximate surface area is 161 Å². The van der Waals surface area contributed by atoms with E-state index < -0.39 is 0 Å². The lowest BCUT2D eigenvalue weighted by atomic mass is 9.86. The van der Waals surface area contributed by atoms with Crippen LogP contribution in [0, 0.1) is 12.3 Å². The van der Waals surface area contributed by atoms with Crippen molar-refractivity contribution in [1.82, 2.24) is 15.2 Å². The fraction of sp³-hybridized carbons (Fsp3) is 0.765. The molecule has 0 aromatic carbocycles. The second-order valence-electron chi connectivity index (χ2n) is 6.84. The number of aliphatic imine (C=N–C) groups is 1. The molecule has 2 heterocycles. The van der Waals surface area contributed by atoms with Crippen LogP contribution < -0.4 is 5.32 Å². The third-order valence-electron chi connectivity index (χ3n) is 5.13. The van der Waals surface area contributed by atoms with E-state index in [1.54, 1.807) is 11.3 Å². The van der Waals surface area contributed by atoms with Gasteiger partial charge in [0.1, 0.15) is 0 Å². The molecule has 2 aliphatic rings. The molecule has 0 atom stereocenters. The Bertz CT molecular complexity index is 522. The van der Waals surface area contributed by atoms with Crippen LogP contribution in [0.15, 0.2) is 10.4 Å². The van der Waals surface area contributed by atoms with Crippen LogP contribution in [0.1, 0.15) is 49.2 Å². The molecule has 1 aromatic heterocycles. The van der Waals surface area contributed by atoms with Crippen LogP contribution in [0.5, 0.6) is 0 Å². The SMILES string of the molecule is CN=C(NCCCc1nc(C)cs1)N1CCC2(CCCC2)C1.I. The highest BCUT2D eigenvalue weighted by atomic mass is 127. The Balaban J connectivity index is 0.00000192. The lowest BCUT2D eigenvalue weighted by Crippen LogP contribution is -2.41. The zero-order chi connectivity index (χ0) is 15.4. The predicted molar refractivity (Wildman–Crippen MR) is 109 cm³/mol. The van der Waals surface area contributed by atoms with Gasteiger partial charge in [0, 0.05) is 44.2 Å². The maximum absolute atomic E-state index is 4.52. The molecule has 1 aromatic rings. The molecular formula is C17H29IN4S. The van der Waals surface area contributed by atoms with Gasteiger partial charge in [-0.1, -0.05) is 12.8 Å². The van der Waals surface area contributed by atoms with Gasteiger partial charge in [0.15, 0.2) is 5.96 Å². The maximum atomic E-state index is 4.52. The quantitative estimate of drug-likeness (QED) is 0.329. The van der Waals surface area contributed by atoms with Crippen LogP contribution >= 0.6 is 35.3 Å². The summed E-state index contributed by atoms with van der Waals surface area (Å²) in [6, 6.07) is 0. The van der Waals surface area contributed by atoms with Crippen LogP contribution in [-0.2, 0) is 6.42 Å². The monoisotopic (exact) mass is 448 g/mol. The van der Waals surface area contributed by atoms with Gasteiger partial charge in [0.25, 0.3) is 0 Å². The first-order chi connectivity index (χ1) is 10.7. The van der Waals surface area contributed by atoms with Gasteiger partial charge < -0.3 is 10.2 Å². The zero-order valence-electron chi connectivity index (χ0n) is 14.3. The van der Waals surface area contributed by atoms with Gasteiger partial charge in [-0.05, 0) is 38.0 Å². The number of likely N-dealkylation sites (tertiary alicyclic amines) is 1. The first-order valence-electron chi connectivity index (χ1n) is 8.57. The van der Waals surface area contributed by atoms with Crippen molar-refractivity contribution in [3.05, 3.63) is 16.1 Å². The molecule has 1 N–H and O–H groups in total. The van der Waals surface area contributed by atoms with Crippen molar-refractivity contribution in [3.8, 4) is 0 Å². The second-order valence-corrected chi connectivity index (χ2v) is 7.78. The van der Waals surface area contributed by atoms with E-state index >= 15 is 0 Å². The van der Waals surface area contributed by atoms with Crippen molar-refractivity contribution in [2.24, 2.45) is 10.4 Å². The fourth-order valence-corrected chi connectivity index (χ4v) is 4.76. The lowest BCUT2D eigenvalue weighted by molar-refractivity contribution is 0.309. The smallest absolute Gasteiger partial charge is 0.193 e. The van der Waals surface area contributed by atoms with Crippen LogP contribution in [0.25, 0.3) is 0 Å². The third-order valence-corrected chi connectivity index (χ3v) is 6.16. The largest absolute Gasteiger partial charge is 0.356 e. The van der Waals surface area contributed by atoms with Crippen LogP contribution in [0.4, 0.5) is 0 Å². The fourth-order valence-electron chi connectivity index (χ4n) is 3.94. The molecule has 0 amide bonds. The highest BCUT2D eigenvalue weighted by molar-refractivity contribution is 14.0. The van der Waals surface area contributed by atoms with Crippen molar-refractivity contribution < 1.29 is 0 Å². The second kappa shape index (κ2) is 8.65. The Morgan fingerprint density at radius 2 is 2.17 bits per heavy atom. The van der Waals surface area contributed by atoms with Gasteiger partial charge in [-0.2, -0.15) is 0 Å². The highest BCUT2D eigenvalue weighted by Gasteiger charge is 2.40. The summed E-state index contributed by atoms with van der Waals surface area (Å²) in [4.78, 5) is 11.5. The predicted octanol–water partition coefficient (Wildman–Crippen LogP) is 3.84.